The van der Waals surface area contributed by atoms with Crippen molar-refractivity contribution in [2.45, 2.75) is 19.3 Å². The lowest BCUT2D eigenvalue weighted by molar-refractivity contribution is -0.118. The first-order valence-electron chi connectivity index (χ1n) is 11.8. The molecule has 36 heavy (non-hydrogen) atoms. The lowest BCUT2D eigenvalue weighted by Gasteiger charge is -2.22. The predicted octanol–water partition coefficient (Wildman–Crippen LogP) is 4.29. The van der Waals surface area contributed by atoms with E-state index >= 15 is 0 Å². The molecular weight excluding hydrogens is 454 g/mol. The molecule has 0 bridgehead atoms. The van der Waals surface area contributed by atoms with Crippen LogP contribution >= 0.6 is 0 Å². The number of pyridine rings is 1. The second-order valence-corrected chi connectivity index (χ2v) is 8.96. The van der Waals surface area contributed by atoms with Crippen molar-refractivity contribution in [3.8, 4) is 11.5 Å². The van der Waals surface area contributed by atoms with E-state index in [1.54, 1.807) is 48.0 Å². The number of aryl methyl sites for hydroxylation is 1. The van der Waals surface area contributed by atoms with Crippen molar-refractivity contribution in [2.24, 2.45) is 7.05 Å². The molecule has 0 aliphatic rings. The number of H-pyrrole nitrogens is 1. The molecule has 2 heterocycles. The van der Waals surface area contributed by atoms with E-state index in [9.17, 15) is 19.8 Å². The highest BCUT2D eigenvalue weighted by atomic mass is 16.3. The van der Waals surface area contributed by atoms with Crippen molar-refractivity contribution in [3.05, 3.63) is 106 Å². The number of nitrogens with zero attached hydrogens (tertiary/aromatic N) is 1. The van der Waals surface area contributed by atoms with Gasteiger partial charge >= 0.3 is 0 Å². The van der Waals surface area contributed by atoms with Crippen LogP contribution in [-0.2, 0) is 18.3 Å². The number of rotatable bonds is 6. The molecule has 0 aliphatic heterocycles. The van der Waals surface area contributed by atoms with E-state index in [0.717, 1.165) is 27.7 Å². The lowest BCUT2D eigenvalue weighted by atomic mass is 9.85. The van der Waals surface area contributed by atoms with Crippen molar-refractivity contribution in [2.75, 3.05) is 6.54 Å². The van der Waals surface area contributed by atoms with Gasteiger partial charge in [-0.2, -0.15) is 0 Å². The van der Waals surface area contributed by atoms with E-state index in [0.29, 0.717) is 23.9 Å². The molecule has 0 aliphatic carbocycles. The molecule has 0 saturated heterocycles. The van der Waals surface area contributed by atoms with E-state index in [1.165, 1.54) is 6.92 Å². The van der Waals surface area contributed by atoms with Crippen molar-refractivity contribution >= 4 is 27.7 Å². The smallest absolute Gasteiger partial charge is 0.258 e. The Morgan fingerprint density at radius 3 is 2.36 bits per heavy atom. The summed E-state index contributed by atoms with van der Waals surface area (Å²) in [5.74, 6) is -0.727. The molecule has 5 rings (SSSR count). The summed E-state index contributed by atoms with van der Waals surface area (Å²) in [7, 11) is 1.70. The van der Waals surface area contributed by atoms with Crippen LogP contribution in [0.3, 0.4) is 0 Å². The molecule has 3 aromatic carbocycles. The Balaban J connectivity index is 1.82. The van der Waals surface area contributed by atoms with E-state index in [1.807, 2.05) is 36.4 Å². The van der Waals surface area contributed by atoms with Gasteiger partial charge in [0.25, 0.3) is 5.56 Å². The third kappa shape index (κ3) is 3.98. The summed E-state index contributed by atoms with van der Waals surface area (Å²) in [5.41, 5.74) is 3.91. The molecule has 0 spiro atoms. The Labute approximate surface area is 207 Å². The van der Waals surface area contributed by atoms with Crippen LogP contribution in [0.1, 0.15) is 35.2 Å². The number of amides is 1. The summed E-state index contributed by atoms with van der Waals surface area (Å²) in [6.45, 7) is 1.90. The minimum atomic E-state index is -0.645. The highest BCUT2D eigenvalue weighted by Gasteiger charge is 2.30. The molecule has 5 aromatic rings. The van der Waals surface area contributed by atoms with Crippen LogP contribution in [0.2, 0.25) is 0 Å². The number of benzene rings is 3. The zero-order chi connectivity index (χ0) is 25.4. The van der Waals surface area contributed by atoms with Crippen LogP contribution in [0.5, 0.6) is 11.5 Å². The van der Waals surface area contributed by atoms with Gasteiger partial charge in [0.1, 0.15) is 11.5 Å². The first-order valence-corrected chi connectivity index (χ1v) is 11.8. The largest absolute Gasteiger partial charge is 0.508 e. The van der Waals surface area contributed by atoms with Crippen LogP contribution in [0.15, 0.2) is 77.6 Å². The summed E-state index contributed by atoms with van der Waals surface area (Å²) in [6.07, 6.45) is 0.530. The summed E-state index contributed by atoms with van der Waals surface area (Å²) in [6, 6.07) is 21.8. The average molecular weight is 482 g/mol. The number of carbonyl (C=O) groups excluding carboxylic acids is 1. The van der Waals surface area contributed by atoms with Gasteiger partial charge in [0.05, 0.1) is 17.0 Å². The number of hydrogen-bond acceptors (Lipinski definition) is 4. The molecule has 1 atom stereocenters. The van der Waals surface area contributed by atoms with Gasteiger partial charge in [0.2, 0.25) is 5.91 Å². The maximum Gasteiger partial charge on any atom is 0.258 e. The summed E-state index contributed by atoms with van der Waals surface area (Å²) in [5, 5.41) is 25.9. The molecular formula is C29H27N3O4. The molecule has 4 N–H and O–H groups in total. The number of aromatic amines is 1. The molecule has 0 saturated carbocycles. The highest BCUT2D eigenvalue weighted by Crippen LogP contribution is 2.41. The number of hydrogen-bond donors (Lipinski definition) is 4. The number of nitrogens with one attached hydrogen (secondary N) is 2. The van der Waals surface area contributed by atoms with Crippen LogP contribution in [-0.4, -0.2) is 32.2 Å². The van der Waals surface area contributed by atoms with Gasteiger partial charge in [-0.25, -0.2) is 0 Å². The second kappa shape index (κ2) is 9.26. The first kappa shape index (κ1) is 23.2. The Kier molecular flexibility index (Phi) is 5.98. The van der Waals surface area contributed by atoms with Crippen LogP contribution in [0, 0.1) is 0 Å². The maximum atomic E-state index is 13.8. The zero-order valence-corrected chi connectivity index (χ0v) is 20.1. The average Bonchev–Trinajstić information content (AvgIpc) is 3.24. The Hall–Kier alpha value is -4.52. The minimum Gasteiger partial charge on any atom is -0.508 e. The van der Waals surface area contributed by atoms with Gasteiger partial charge in [-0.05, 0) is 47.9 Å². The molecule has 7 nitrogen and oxygen atoms in total. The quantitative estimate of drug-likeness (QED) is 0.290. The summed E-state index contributed by atoms with van der Waals surface area (Å²) in [4.78, 5) is 28.8. The van der Waals surface area contributed by atoms with Gasteiger partial charge in [0, 0.05) is 42.5 Å². The second-order valence-electron chi connectivity index (χ2n) is 8.96. The number of fused-ring (bicyclic) bond motifs is 2. The first-order chi connectivity index (χ1) is 17.4. The summed E-state index contributed by atoms with van der Waals surface area (Å²) >= 11 is 0. The monoisotopic (exact) mass is 481 g/mol. The van der Waals surface area contributed by atoms with Gasteiger partial charge < -0.3 is 25.1 Å². The standard InChI is InChI=1S/C29H27N3O4/c1-17(33)30-16-15-21-20-7-3-5-9-23(20)31-27(21)25(18-11-13-19(34)14-12-18)26-28(35)22-8-4-6-10-24(22)32(2)29(26)36/h3-14,25,31,34-35H,15-16H2,1-2H3,(H,30,33). The van der Waals surface area contributed by atoms with Crippen LogP contribution in [0.4, 0.5) is 0 Å². The predicted molar refractivity (Wildman–Crippen MR) is 141 cm³/mol. The third-order valence-electron chi connectivity index (χ3n) is 6.71. The number of aromatic nitrogens is 2. The van der Waals surface area contributed by atoms with Gasteiger partial charge in [-0.1, -0.05) is 42.5 Å². The third-order valence-corrected chi connectivity index (χ3v) is 6.71. The lowest BCUT2D eigenvalue weighted by Crippen LogP contribution is -2.26. The molecule has 7 heteroatoms. The molecule has 1 unspecified atom stereocenters. The van der Waals surface area contributed by atoms with E-state index in [-0.39, 0.29) is 28.5 Å². The number of aromatic hydroxyl groups is 2. The molecule has 182 valence electrons. The minimum absolute atomic E-state index is 0.0711. The van der Waals surface area contributed by atoms with Crippen molar-refractivity contribution in [1.82, 2.24) is 14.9 Å². The van der Waals surface area contributed by atoms with E-state index in [2.05, 4.69) is 10.3 Å². The Morgan fingerprint density at radius 1 is 0.972 bits per heavy atom. The van der Waals surface area contributed by atoms with Crippen molar-refractivity contribution < 1.29 is 15.0 Å². The van der Waals surface area contributed by atoms with E-state index in [4.69, 9.17) is 0 Å². The fraction of sp³-hybridized carbons (Fsp3) is 0.172. The number of carbonyl (C=O) groups is 1. The van der Waals surface area contributed by atoms with Gasteiger partial charge in [-0.15, -0.1) is 0 Å². The fourth-order valence-electron chi connectivity index (χ4n) is 5.01. The molecule has 0 fully saturated rings. The Bertz CT molecular complexity index is 1650. The number of phenols is 1. The van der Waals surface area contributed by atoms with Crippen molar-refractivity contribution in [3.63, 3.8) is 0 Å². The number of phenolic OH excluding ortho intramolecular Hbond substituents is 1. The van der Waals surface area contributed by atoms with Crippen LogP contribution < -0.4 is 10.9 Å². The fourth-order valence-corrected chi connectivity index (χ4v) is 5.01. The number of para-hydroxylation sites is 2. The SMILES string of the molecule is CC(=O)NCCc1c(C(c2ccc(O)cc2)c2c(O)c3ccccc3n(C)c2=O)[nH]c2ccccc12. The van der Waals surface area contributed by atoms with Crippen molar-refractivity contribution in [1.29, 1.82) is 0 Å². The molecule has 0 radical (unpaired) electrons. The van der Waals surface area contributed by atoms with E-state index < -0.39 is 5.92 Å². The normalized spacial score (nSPS) is 12.2. The summed E-state index contributed by atoms with van der Waals surface area (Å²) < 4.78 is 1.55. The molecule has 2 aromatic heterocycles. The highest BCUT2D eigenvalue weighted by molar-refractivity contribution is 5.88. The van der Waals surface area contributed by atoms with Gasteiger partial charge in [-0.3, -0.25) is 9.59 Å². The van der Waals surface area contributed by atoms with Crippen LogP contribution in [0.25, 0.3) is 21.8 Å². The zero-order valence-electron chi connectivity index (χ0n) is 20.1. The Morgan fingerprint density at radius 2 is 1.64 bits per heavy atom. The molecule has 1 amide bonds. The van der Waals surface area contributed by atoms with Gasteiger partial charge in [0.15, 0.2) is 0 Å². The maximum absolute atomic E-state index is 13.8. The topological polar surface area (TPSA) is 107 Å².